The molecule has 16 heavy (non-hydrogen) atoms. The lowest BCUT2D eigenvalue weighted by atomic mass is 10.0. The van der Waals surface area contributed by atoms with Gasteiger partial charge in [0.1, 0.15) is 0 Å². The van der Waals surface area contributed by atoms with Gasteiger partial charge in [0.25, 0.3) is 0 Å². The van der Waals surface area contributed by atoms with Crippen molar-refractivity contribution in [3.63, 3.8) is 0 Å². The average Bonchev–Trinajstić information content (AvgIpc) is 2.28. The zero-order chi connectivity index (χ0) is 12.0. The second-order valence-electron chi connectivity index (χ2n) is 4.13. The Morgan fingerprint density at radius 3 is 2.62 bits per heavy atom. The monoisotopic (exact) mass is 236 g/mol. The van der Waals surface area contributed by atoms with Crippen LogP contribution in [0.4, 0.5) is 0 Å². The number of aryl methyl sites for hydroxylation is 2. The molecule has 0 aliphatic rings. The molecule has 0 spiro atoms. The van der Waals surface area contributed by atoms with E-state index >= 15 is 0 Å². The highest BCUT2D eigenvalue weighted by Crippen LogP contribution is 2.13. The smallest absolute Gasteiger partial charge is 0.172 e. The first-order valence-corrected chi connectivity index (χ1v) is 6.98. The highest BCUT2D eigenvalue weighted by molar-refractivity contribution is 7.99. The molecule has 0 aromatic heterocycles. The minimum Gasteiger partial charge on any atom is -0.293 e. The standard InChI is InChI=1S/C14H20OS/c1-4-5-8-16-10-14(15)13-7-6-11(2)12(3)9-13/h6-7,9H,4-5,8,10H2,1-3H3. The second kappa shape index (κ2) is 6.74. The van der Waals surface area contributed by atoms with Crippen LogP contribution in [-0.2, 0) is 0 Å². The molecule has 88 valence electrons. The number of ketones is 1. The maximum Gasteiger partial charge on any atom is 0.172 e. The van der Waals surface area contributed by atoms with Gasteiger partial charge in [0, 0.05) is 5.56 Å². The van der Waals surface area contributed by atoms with Gasteiger partial charge >= 0.3 is 0 Å². The molecule has 1 rings (SSSR count). The lowest BCUT2D eigenvalue weighted by molar-refractivity contribution is 0.102. The van der Waals surface area contributed by atoms with E-state index in [0.29, 0.717) is 5.75 Å². The summed E-state index contributed by atoms with van der Waals surface area (Å²) >= 11 is 1.74. The molecule has 0 saturated carbocycles. The molecule has 0 fully saturated rings. The highest BCUT2D eigenvalue weighted by Gasteiger charge is 2.06. The third-order valence-electron chi connectivity index (χ3n) is 2.70. The van der Waals surface area contributed by atoms with Crippen molar-refractivity contribution in [2.75, 3.05) is 11.5 Å². The van der Waals surface area contributed by atoms with Crippen molar-refractivity contribution < 1.29 is 4.79 Å². The van der Waals surface area contributed by atoms with Crippen LogP contribution in [0, 0.1) is 13.8 Å². The Balaban J connectivity index is 2.50. The van der Waals surface area contributed by atoms with Crippen LogP contribution in [-0.4, -0.2) is 17.3 Å². The van der Waals surface area contributed by atoms with E-state index in [0.717, 1.165) is 11.3 Å². The van der Waals surface area contributed by atoms with Crippen LogP contribution in [0.25, 0.3) is 0 Å². The van der Waals surface area contributed by atoms with Crippen molar-refractivity contribution in [3.8, 4) is 0 Å². The van der Waals surface area contributed by atoms with Crippen LogP contribution in [0.3, 0.4) is 0 Å². The van der Waals surface area contributed by atoms with Crippen LogP contribution < -0.4 is 0 Å². The SMILES string of the molecule is CCCCSCC(=O)c1ccc(C)c(C)c1. The maximum atomic E-state index is 11.9. The van der Waals surface area contributed by atoms with Gasteiger partial charge < -0.3 is 0 Å². The lowest BCUT2D eigenvalue weighted by Gasteiger charge is -2.04. The molecular weight excluding hydrogens is 216 g/mol. The molecule has 0 aliphatic heterocycles. The number of thioether (sulfide) groups is 1. The third-order valence-corrected chi connectivity index (χ3v) is 3.75. The molecule has 0 amide bonds. The normalized spacial score (nSPS) is 10.4. The van der Waals surface area contributed by atoms with Crippen LogP contribution in [0.5, 0.6) is 0 Å². The van der Waals surface area contributed by atoms with Gasteiger partial charge in [-0.3, -0.25) is 4.79 Å². The molecule has 0 aliphatic carbocycles. The molecule has 0 radical (unpaired) electrons. The van der Waals surface area contributed by atoms with Crippen molar-refractivity contribution in [2.24, 2.45) is 0 Å². The summed E-state index contributed by atoms with van der Waals surface area (Å²) < 4.78 is 0. The summed E-state index contributed by atoms with van der Waals surface area (Å²) in [7, 11) is 0. The summed E-state index contributed by atoms with van der Waals surface area (Å²) in [5.74, 6) is 1.96. The Morgan fingerprint density at radius 2 is 2.00 bits per heavy atom. The van der Waals surface area contributed by atoms with Crippen molar-refractivity contribution in [1.29, 1.82) is 0 Å². The zero-order valence-electron chi connectivity index (χ0n) is 10.4. The van der Waals surface area contributed by atoms with Gasteiger partial charge in [-0.2, -0.15) is 11.8 Å². The van der Waals surface area contributed by atoms with Crippen molar-refractivity contribution in [1.82, 2.24) is 0 Å². The predicted octanol–water partition coefficient (Wildman–Crippen LogP) is 4.02. The fourth-order valence-corrected chi connectivity index (χ4v) is 2.40. The van der Waals surface area contributed by atoms with Crippen molar-refractivity contribution >= 4 is 17.5 Å². The minimum absolute atomic E-state index is 0.254. The number of rotatable bonds is 6. The van der Waals surface area contributed by atoms with E-state index in [9.17, 15) is 4.79 Å². The molecule has 0 N–H and O–H groups in total. The molecule has 0 unspecified atom stereocenters. The molecule has 2 heteroatoms. The molecule has 0 atom stereocenters. The number of unbranched alkanes of at least 4 members (excludes halogenated alkanes) is 1. The van der Waals surface area contributed by atoms with E-state index in [1.165, 1.54) is 24.0 Å². The van der Waals surface area contributed by atoms with Gasteiger partial charge in [0.2, 0.25) is 0 Å². The van der Waals surface area contributed by atoms with E-state index in [4.69, 9.17) is 0 Å². The Kier molecular flexibility index (Phi) is 5.61. The van der Waals surface area contributed by atoms with Crippen LogP contribution in [0.15, 0.2) is 18.2 Å². The first kappa shape index (κ1) is 13.3. The molecular formula is C14H20OS. The van der Waals surface area contributed by atoms with Gasteiger partial charge in [-0.15, -0.1) is 0 Å². The number of carbonyl (C=O) groups is 1. The highest BCUT2D eigenvalue weighted by atomic mass is 32.2. The fraction of sp³-hybridized carbons (Fsp3) is 0.500. The van der Waals surface area contributed by atoms with E-state index in [1.807, 2.05) is 18.2 Å². The largest absolute Gasteiger partial charge is 0.293 e. The van der Waals surface area contributed by atoms with E-state index in [1.54, 1.807) is 11.8 Å². The third kappa shape index (κ3) is 4.01. The number of hydrogen-bond acceptors (Lipinski definition) is 2. The summed E-state index contributed by atoms with van der Waals surface area (Å²) in [6, 6.07) is 5.96. The number of hydrogen-bond donors (Lipinski definition) is 0. The molecule has 1 aromatic rings. The second-order valence-corrected chi connectivity index (χ2v) is 5.23. The maximum absolute atomic E-state index is 11.9. The lowest BCUT2D eigenvalue weighted by Crippen LogP contribution is -2.03. The topological polar surface area (TPSA) is 17.1 Å². The van der Waals surface area contributed by atoms with Crippen molar-refractivity contribution in [3.05, 3.63) is 34.9 Å². The molecule has 0 bridgehead atoms. The Hall–Kier alpha value is -0.760. The summed E-state index contributed by atoms with van der Waals surface area (Å²) in [4.78, 5) is 11.9. The summed E-state index contributed by atoms with van der Waals surface area (Å²) in [5.41, 5.74) is 3.30. The average molecular weight is 236 g/mol. The predicted molar refractivity (Wildman–Crippen MR) is 72.5 cm³/mol. The van der Waals surface area contributed by atoms with E-state index in [2.05, 4.69) is 20.8 Å². The molecule has 0 saturated heterocycles. The zero-order valence-corrected chi connectivity index (χ0v) is 11.2. The van der Waals surface area contributed by atoms with Gasteiger partial charge in [0.15, 0.2) is 5.78 Å². The first-order valence-electron chi connectivity index (χ1n) is 5.83. The van der Waals surface area contributed by atoms with Crippen LogP contribution in [0.1, 0.15) is 41.3 Å². The minimum atomic E-state index is 0.254. The Bertz CT molecular complexity index is 358. The quantitative estimate of drug-likeness (QED) is 0.548. The van der Waals surface area contributed by atoms with E-state index in [-0.39, 0.29) is 5.78 Å². The summed E-state index contributed by atoms with van der Waals surface area (Å²) in [6.07, 6.45) is 2.40. The molecule has 1 nitrogen and oxygen atoms in total. The van der Waals surface area contributed by atoms with Crippen molar-refractivity contribution in [2.45, 2.75) is 33.6 Å². The Morgan fingerprint density at radius 1 is 1.25 bits per heavy atom. The van der Waals surface area contributed by atoms with E-state index < -0.39 is 0 Å². The molecule has 1 aromatic carbocycles. The van der Waals surface area contributed by atoms with Gasteiger partial charge in [0.05, 0.1) is 5.75 Å². The first-order chi connectivity index (χ1) is 7.65. The van der Waals surface area contributed by atoms with Gasteiger partial charge in [-0.05, 0) is 43.2 Å². The summed E-state index contributed by atoms with van der Waals surface area (Å²) in [5, 5.41) is 0. The van der Waals surface area contributed by atoms with Gasteiger partial charge in [-0.25, -0.2) is 0 Å². The Labute approximate surface area is 103 Å². The summed E-state index contributed by atoms with van der Waals surface area (Å²) in [6.45, 7) is 6.29. The fourth-order valence-electron chi connectivity index (χ4n) is 1.41. The number of carbonyl (C=O) groups excluding carboxylic acids is 1. The number of benzene rings is 1. The van der Waals surface area contributed by atoms with Crippen LogP contribution in [0.2, 0.25) is 0 Å². The number of Topliss-reactive ketones (excluding diaryl/α,β-unsaturated/α-hetero) is 1. The molecule has 0 heterocycles. The van der Waals surface area contributed by atoms with Crippen LogP contribution >= 0.6 is 11.8 Å². The van der Waals surface area contributed by atoms with Gasteiger partial charge in [-0.1, -0.05) is 25.5 Å².